The van der Waals surface area contributed by atoms with Gasteiger partial charge in [0.05, 0.1) is 16.9 Å². The molecule has 0 aliphatic carbocycles. The summed E-state index contributed by atoms with van der Waals surface area (Å²) in [7, 11) is 0. The van der Waals surface area contributed by atoms with Gasteiger partial charge in [-0.2, -0.15) is 11.8 Å². The Labute approximate surface area is 130 Å². The highest BCUT2D eigenvalue weighted by molar-refractivity contribution is 8.07. The second-order valence-electron chi connectivity index (χ2n) is 5.14. The number of ether oxygens (including phenoxy) is 1. The Hall–Kier alpha value is -0.610. The molecule has 0 radical (unpaired) electrons. The number of ketones is 1. The summed E-state index contributed by atoms with van der Waals surface area (Å²) in [6.45, 7) is 6.14. The molecule has 1 aromatic carbocycles. The second-order valence-corrected chi connectivity index (χ2v) is 7.73. The highest BCUT2D eigenvalue weighted by Crippen LogP contribution is 2.36. The summed E-state index contributed by atoms with van der Waals surface area (Å²) in [4.78, 5) is 12.9. The minimum Gasteiger partial charge on any atom is -0.490 e. The van der Waals surface area contributed by atoms with E-state index >= 15 is 0 Å². The Morgan fingerprint density at radius 1 is 1.30 bits per heavy atom. The Morgan fingerprint density at radius 3 is 2.70 bits per heavy atom. The third-order valence-electron chi connectivity index (χ3n) is 3.23. The zero-order valence-corrected chi connectivity index (χ0v) is 13.9. The zero-order valence-electron chi connectivity index (χ0n) is 12.3. The Balaban J connectivity index is 2.23. The highest BCUT2D eigenvalue weighted by Gasteiger charge is 2.32. The van der Waals surface area contributed by atoms with Crippen molar-refractivity contribution in [2.75, 3.05) is 11.5 Å². The van der Waals surface area contributed by atoms with Gasteiger partial charge in [0.25, 0.3) is 0 Å². The molecular formula is C16H22O2S2. The predicted molar refractivity (Wildman–Crippen MR) is 89.3 cm³/mol. The van der Waals surface area contributed by atoms with Gasteiger partial charge >= 0.3 is 0 Å². The van der Waals surface area contributed by atoms with Crippen LogP contribution in [-0.4, -0.2) is 33.9 Å². The molecular weight excluding hydrogens is 288 g/mol. The van der Waals surface area contributed by atoms with Crippen LogP contribution in [0.2, 0.25) is 0 Å². The third kappa shape index (κ3) is 3.73. The smallest absolute Gasteiger partial charge is 0.180 e. The average molecular weight is 310 g/mol. The van der Waals surface area contributed by atoms with E-state index < -0.39 is 0 Å². The van der Waals surface area contributed by atoms with E-state index in [1.165, 1.54) is 0 Å². The standard InChI is InChI=1S/C16H22O2S2/c1-4-14-16(20-10-9-19-14)15(17)12-7-5-6-8-13(12)18-11(2)3/h5-8,11,14,16H,4,9-10H2,1-3H3. The van der Waals surface area contributed by atoms with Gasteiger partial charge in [0.2, 0.25) is 0 Å². The maximum Gasteiger partial charge on any atom is 0.180 e. The molecule has 2 unspecified atom stereocenters. The first kappa shape index (κ1) is 15.8. The van der Waals surface area contributed by atoms with Crippen LogP contribution in [0.25, 0.3) is 0 Å². The third-order valence-corrected chi connectivity index (χ3v) is 6.47. The van der Waals surface area contributed by atoms with Crippen LogP contribution in [0.5, 0.6) is 5.75 Å². The Bertz CT molecular complexity index is 460. The van der Waals surface area contributed by atoms with E-state index in [2.05, 4.69) is 6.92 Å². The fraction of sp³-hybridized carbons (Fsp3) is 0.562. The topological polar surface area (TPSA) is 26.3 Å². The number of Topliss-reactive ketones (excluding diaryl/α,β-unsaturated/α-hetero) is 1. The molecule has 1 aromatic rings. The molecule has 1 saturated heterocycles. The van der Waals surface area contributed by atoms with Crippen molar-refractivity contribution in [1.82, 2.24) is 0 Å². The maximum atomic E-state index is 12.9. The van der Waals surface area contributed by atoms with Gasteiger partial charge in [0.1, 0.15) is 5.75 Å². The largest absolute Gasteiger partial charge is 0.490 e. The van der Waals surface area contributed by atoms with Crippen LogP contribution in [0, 0.1) is 0 Å². The van der Waals surface area contributed by atoms with Gasteiger partial charge in [-0.3, -0.25) is 4.79 Å². The summed E-state index contributed by atoms with van der Waals surface area (Å²) >= 11 is 3.73. The first-order valence-electron chi connectivity index (χ1n) is 7.16. The number of benzene rings is 1. The van der Waals surface area contributed by atoms with Gasteiger partial charge in [-0.05, 0) is 32.4 Å². The lowest BCUT2D eigenvalue weighted by atomic mass is 10.0. The summed E-state index contributed by atoms with van der Waals surface area (Å²) in [5.74, 6) is 3.16. The number of carbonyl (C=O) groups is 1. The van der Waals surface area contributed by atoms with Gasteiger partial charge in [-0.25, -0.2) is 0 Å². The molecule has 0 spiro atoms. The van der Waals surface area contributed by atoms with Gasteiger partial charge in [-0.1, -0.05) is 19.1 Å². The lowest BCUT2D eigenvalue weighted by Gasteiger charge is -2.29. The summed E-state index contributed by atoms with van der Waals surface area (Å²) < 4.78 is 5.79. The zero-order chi connectivity index (χ0) is 14.5. The van der Waals surface area contributed by atoms with Crippen molar-refractivity contribution < 1.29 is 9.53 Å². The van der Waals surface area contributed by atoms with Gasteiger partial charge in [0, 0.05) is 16.8 Å². The first-order valence-corrected chi connectivity index (χ1v) is 9.26. The van der Waals surface area contributed by atoms with Crippen molar-refractivity contribution in [2.24, 2.45) is 0 Å². The number of carbonyl (C=O) groups excluding carboxylic acids is 1. The molecule has 4 heteroatoms. The van der Waals surface area contributed by atoms with E-state index in [4.69, 9.17) is 4.74 Å². The average Bonchev–Trinajstić information content (AvgIpc) is 2.46. The first-order chi connectivity index (χ1) is 9.63. The molecule has 1 aliphatic rings. The minimum atomic E-state index is 0.0654. The van der Waals surface area contributed by atoms with Crippen molar-refractivity contribution in [2.45, 2.75) is 43.8 Å². The van der Waals surface area contributed by atoms with Crippen LogP contribution in [0.4, 0.5) is 0 Å². The number of thioether (sulfide) groups is 2. The molecule has 1 fully saturated rings. The van der Waals surface area contributed by atoms with Crippen molar-refractivity contribution in [3.05, 3.63) is 29.8 Å². The Kier molecular flexibility index (Phi) is 5.85. The molecule has 0 N–H and O–H groups in total. The van der Waals surface area contributed by atoms with Crippen LogP contribution in [0.1, 0.15) is 37.6 Å². The van der Waals surface area contributed by atoms with Crippen LogP contribution in [0.15, 0.2) is 24.3 Å². The van der Waals surface area contributed by atoms with Crippen molar-refractivity contribution >= 4 is 29.3 Å². The molecule has 1 heterocycles. The molecule has 110 valence electrons. The lowest BCUT2D eigenvalue weighted by molar-refractivity contribution is 0.0982. The molecule has 1 aliphatic heterocycles. The summed E-state index contributed by atoms with van der Waals surface area (Å²) in [6.07, 6.45) is 1.13. The van der Waals surface area contributed by atoms with E-state index in [0.717, 1.165) is 29.2 Å². The SMILES string of the molecule is CCC1SCCSC1C(=O)c1ccccc1OC(C)C. The van der Waals surface area contributed by atoms with Crippen molar-refractivity contribution in [1.29, 1.82) is 0 Å². The summed E-state index contributed by atoms with van der Waals surface area (Å²) in [5.41, 5.74) is 0.736. The lowest BCUT2D eigenvalue weighted by Crippen LogP contribution is -2.33. The molecule has 0 amide bonds. The summed E-state index contributed by atoms with van der Waals surface area (Å²) in [6, 6.07) is 7.64. The number of hydrogen-bond donors (Lipinski definition) is 0. The highest BCUT2D eigenvalue weighted by atomic mass is 32.2. The maximum absolute atomic E-state index is 12.9. The molecule has 0 bridgehead atoms. The van der Waals surface area contributed by atoms with Crippen molar-refractivity contribution in [3.8, 4) is 5.75 Å². The minimum absolute atomic E-state index is 0.0654. The van der Waals surface area contributed by atoms with Crippen LogP contribution >= 0.6 is 23.5 Å². The van der Waals surface area contributed by atoms with E-state index in [1.807, 2.05) is 49.9 Å². The molecule has 2 rings (SSSR count). The van der Waals surface area contributed by atoms with E-state index in [1.54, 1.807) is 11.8 Å². The quantitative estimate of drug-likeness (QED) is 0.758. The predicted octanol–water partition coefficient (Wildman–Crippen LogP) is 4.28. The van der Waals surface area contributed by atoms with E-state index in [-0.39, 0.29) is 17.1 Å². The number of hydrogen-bond acceptors (Lipinski definition) is 4. The van der Waals surface area contributed by atoms with E-state index in [9.17, 15) is 4.79 Å². The number of para-hydroxylation sites is 1. The van der Waals surface area contributed by atoms with E-state index in [0.29, 0.717) is 5.25 Å². The van der Waals surface area contributed by atoms with Gasteiger partial charge in [-0.15, -0.1) is 11.8 Å². The van der Waals surface area contributed by atoms with Crippen molar-refractivity contribution in [3.63, 3.8) is 0 Å². The van der Waals surface area contributed by atoms with Crippen LogP contribution < -0.4 is 4.74 Å². The second kappa shape index (κ2) is 7.41. The molecule has 20 heavy (non-hydrogen) atoms. The normalized spacial score (nSPS) is 22.8. The summed E-state index contributed by atoms with van der Waals surface area (Å²) in [5, 5.41) is 0.490. The monoisotopic (exact) mass is 310 g/mol. The number of rotatable bonds is 5. The fourth-order valence-corrected chi connectivity index (χ4v) is 5.34. The molecule has 2 nitrogen and oxygen atoms in total. The van der Waals surface area contributed by atoms with Gasteiger partial charge < -0.3 is 4.74 Å². The fourth-order valence-electron chi connectivity index (χ4n) is 2.33. The van der Waals surface area contributed by atoms with Gasteiger partial charge in [0.15, 0.2) is 5.78 Å². The molecule has 0 saturated carbocycles. The molecule has 0 aromatic heterocycles. The molecule has 2 atom stereocenters. The van der Waals surface area contributed by atoms with Crippen LogP contribution in [0.3, 0.4) is 0 Å². The Morgan fingerprint density at radius 2 is 2.00 bits per heavy atom. The van der Waals surface area contributed by atoms with Crippen LogP contribution in [-0.2, 0) is 0 Å².